The number of nitrogens with zero attached hydrogens (tertiary/aromatic N) is 2. The van der Waals surface area contributed by atoms with E-state index in [1.54, 1.807) is 55.5 Å². The van der Waals surface area contributed by atoms with Gasteiger partial charge in [-0.1, -0.05) is 41.4 Å². The molecule has 8 nitrogen and oxygen atoms in total. The largest absolute Gasteiger partial charge is 0.503 e. The van der Waals surface area contributed by atoms with Gasteiger partial charge in [0.05, 0.1) is 46.7 Å². The summed E-state index contributed by atoms with van der Waals surface area (Å²) in [6, 6.07) is 19.3. The van der Waals surface area contributed by atoms with E-state index in [2.05, 4.69) is 22.6 Å². The summed E-state index contributed by atoms with van der Waals surface area (Å²) in [6.07, 6.45) is 2.56. The van der Waals surface area contributed by atoms with E-state index in [0.29, 0.717) is 23.4 Å². The molecule has 4 aliphatic rings. The van der Waals surface area contributed by atoms with E-state index in [-0.39, 0.29) is 46.6 Å². The number of phenolic OH excluding ortho intramolecular Hbond substituents is 1. The van der Waals surface area contributed by atoms with Gasteiger partial charge in [-0.2, -0.15) is 0 Å². The van der Waals surface area contributed by atoms with Crippen LogP contribution in [0.3, 0.4) is 0 Å². The number of aromatic hydroxyl groups is 1. The lowest BCUT2D eigenvalue weighted by atomic mass is 9.51. The molecule has 224 valence electrons. The Morgan fingerprint density at radius 1 is 0.909 bits per heavy atom. The molecule has 4 amide bonds. The van der Waals surface area contributed by atoms with E-state index < -0.39 is 35.0 Å². The fraction of sp³-hybridized carbons (Fsp3) is 0.294. The molecular weight excluding hydrogens is 695 g/mol. The van der Waals surface area contributed by atoms with E-state index in [1.807, 2.05) is 24.3 Å². The van der Waals surface area contributed by atoms with Gasteiger partial charge in [0.1, 0.15) is 0 Å². The number of amides is 4. The van der Waals surface area contributed by atoms with Crippen LogP contribution >= 0.6 is 34.2 Å². The van der Waals surface area contributed by atoms with Crippen LogP contribution < -0.4 is 14.5 Å². The number of para-hydroxylation sites is 1. The number of benzene rings is 3. The molecule has 0 spiro atoms. The van der Waals surface area contributed by atoms with E-state index in [9.17, 15) is 24.3 Å². The van der Waals surface area contributed by atoms with Crippen LogP contribution in [-0.2, 0) is 19.2 Å². The normalized spacial score (nSPS) is 29.4. The summed E-state index contributed by atoms with van der Waals surface area (Å²) >= 11 is 8.66. The molecule has 0 radical (unpaired) electrons. The predicted molar refractivity (Wildman–Crippen MR) is 172 cm³/mol. The molecule has 3 aromatic carbocycles. The fourth-order valence-corrected chi connectivity index (χ4v) is 8.56. The van der Waals surface area contributed by atoms with Gasteiger partial charge in [0, 0.05) is 9.49 Å². The molecule has 3 fully saturated rings. The standard InChI is InChI=1S/C34H28ClIN2O6/c1-34-24(31(41)38(33(34)43)19-6-4-3-5-7-19)16-23-21(28(34)17-14-25(35)29(39)26(15-17)44-2)12-13-22-27(23)32(42)37(30(22)40)20-10-8-18(36)9-11-20/h3-12,14-15,22-24,27-28,39H,13,16H2,1-2H3. The highest BCUT2D eigenvalue weighted by molar-refractivity contribution is 14.1. The van der Waals surface area contributed by atoms with Gasteiger partial charge in [0.15, 0.2) is 11.5 Å². The van der Waals surface area contributed by atoms with Crippen LogP contribution in [0.5, 0.6) is 11.5 Å². The van der Waals surface area contributed by atoms with Gasteiger partial charge in [-0.3, -0.25) is 24.1 Å². The van der Waals surface area contributed by atoms with Crippen molar-refractivity contribution in [3.63, 3.8) is 0 Å². The van der Waals surface area contributed by atoms with Crippen LogP contribution in [0.2, 0.25) is 5.02 Å². The third kappa shape index (κ3) is 4.01. The zero-order valence-corrected chi connectivity index (χ0v) is 26.8. The van der Waals surface area contributed by atoms with Crippen LogP contribution in [0.15, 0.2) is 78.4 Å². The highest BCUT2D eigenvalue weighted by atomic mass is 127. The number of anilines is 2. The molecule has 3 aromatic rings. The maximum atomic E-state index is 14.5. The van der Waals surface area contributed by atoms with Crippen molar-refractivity contribution in [3.8, 4) is 11.5 Å². The summed E-state index contributed by atoms with van der Waals surface area (Å²) in [5, 5.41) is 10.6. The maximum Gasteiger partial charge on any atom is 0.241 e. The molecule has 2 aliphatic heterocycles. The van der Waals surface area contributed by atoms with Gasteiger partial charge in [0.2, 0.25) is 23.6 Å². The number of phenols is 1. The third-order valence-corrected chi connectivity index (χ3v) is 11.0. The quantitative estimate of drug-likeness (QED) is 0.199. The highest BCUT2D eigenvalue weighted by Crippen LogP contribution is 2.64. The minimum absolute atomic E-state index is 0.0459. The summed E-state index contributed by atoms with van der Waals surface area (Å²) in [4.78, 5) is 59.2. The van der Waals surface area contributed by atoms with Gasteiger partial charge in [0.25, 0.3) is 0 Å². The van der Waals surface area contributed by atoms with E-state index in [4.69, 9.17) is 16.3 Å². The van der Waals surface area contributed by atoms with Gasteiger partial charge in [-0.15, -0.1) is 0 Å². The minimum atomic E-state index is -1.23. The lowest BCUT2D eigenvalue weighted by Gasteiger charge is -2.49. The Morgan fingerprint density at radius 2 is 1.59 bits per heavy atom. The summed E-state index contributed by atoms with van der Waals surface area (Å²) < 4.78 is 6.41. The summed E-state index contributed by atoms with van der Waals surface area (Å²) in [5.74, 6) is -4.48. The second-order valence-corrected chi connectivity index (χ2v) is 13.7. The number of carbonyl (C=O) groups excluding carboxylic acids is 4. The van der Waals surface area contributed by atoms with Crippen LogP contribution in [0.1, 0.15) is 31.2 Å². The molecule has 0 aromatic heterocycles. The molecule has 10 heteroatoms. The van der Waals surface area contributed by atoms with Crippen molar-refractivity contribution in [3.05, 3.63) is 92.5 Å². The number of carbonyl (C=O) groups is 4. The monoisotopic (exact) mass is 722 g/mol. The molecular formula is C34H28ClIN2O6. The minimum Gasteiger partial charge on any atom is -0.503 e. The Hall–Kier alpha value is -3.70. The lowest BCUT2D eigenvalue weighted by molar-refractivity contribution is -0.131. The average molecular weight is 723 g/mol. The van der Waals surface area contributed by atoms with Crippen LogP contribution in [0, 0.1) is 32.7 Å². The van der Waals surface area contributed by atoms with Crippen molar-refractivity contribution >= 4 is 69.2 Å². The molecule has 6 unspecified atom stereocenters. The number of hydrogen-bond acceptors (Lipinski definition) is 6. The second kappa shape index (κ2) is 10.4. The molecule has 2 aliphatic carbocycles. The number of fused-ring (bicyclic) bond motifs is 4. The molecule has 6 atom stereocenters. The molecule has 7 rings (SSSR count). The summed E-state index contributed by atoms with van der Waals surface area (Å²) in [5.41, 5.74) is 1.19. The lowest BCUT2D eigenvalue weighted by Crippen LogP contribution is -2.48. The Bertz CT molecular complexity index is 1780. The van der Waals surface area contributed by atoms with Gasteiger partial charge in [-0.25, -0.2) is 4.90 Å². The van der Waals surface area contributed by atoms with Crippen LogP contribution in [-0.4, -0.2) is 35.8 Å². The molecule has 44 heavy (non-hydrogen) atoms. The molecule has 0 bridgehead atoms. The number of halogens is 2. The van der Waals surface area contributed by atoms with Crippen LogP contribution in [0.25, 0.3) is 0 Å². The van der Waals surface area contributed by atoms with Crippen molar-refractivity contribution in [2.24, 2.45) is 29.1 Å². The number of imide groups is 2. The number of allylic oxidation sites excluding steroid dienone is 2. The first-order chi connectivity index (χ1) is 21.1. The third-order valence-electron chi connectivity index (χ3n) is 9.98. The van der Waals surface area contributed by atoms with E-state index >= 15 is 0 Å². The Labute approximate surface area is 272 Å². The number of hydrogen-bond donors (Lipinski definition) is 1. The van der Waals surface area contributed by atoms with Crippen molar-refractivity contribution in [2.45, 2.75) is 25.7 Å². The topological polar surface area (TPSA) is 104 Å². The first-order valence-electron chi connectivity index (χ1n) is 14.4. The second-order valence-electron chi connectivity index (χ2n) is 12.0. The summed E-state index contributed by atoms with van der Waals surface area (Å²) in [6.45, 7) is 1.81. The van der Waals surface area contributed by atoms with Crippen LogP contribution in [0.4, 0.5) is 11.4 Å². The molecule has 2 heterocycles. The first-order valence-corrected chi connectivity index (χ1v) is 15.9. The SMILES string of the molecule is COc1cc(C2C3=CCC4C(=O)N(c5ccc(I)cc5)C(=O)C4C3CC3C(=O)N(c4ccccc4)C(=O)C32C)cc(Cl)c1O. The van der Waals surface area contributed by atoms with E-state index in [0.717, 1.165) is 9.14 Å². The Morgan fingerprint density at radius 3 is 2.27 bits per heavy atom. The van der Waals surface area contributed by atoms with Gasteiger partial charge in [-0.05, 0) is 102 Å². The number of rotatable bonds is 4. The van der Waals surface area contributed by atoms with E-state index in [1.165, 1.54) is 16.9 Å². The van der Waals surface area contributed by atoms with Crippen molar-refractivity contribution in [1.82, 2.24) is 0 Å². The zero-order chi connectivity index (χ0) is 31.1. The molecule has 1 saturated carbocycles. The van der Waals surface area contributed by atoms with Crippen molar-refractivity contribution in [1.29, 1.82) is 0 Å². The number of methoxy groups -OCH3 is 1. The Kier molecular flexibility index (Phi) is 6.89. The molecule has 2 saturated heterocycles. The number of ether oxygens (including phenoxy) is 1. The first kappa shape index (κ1) is 29.0. The molecule has 1 N–H and O–H groups in total. The van der Waals surface area contributed by atoms with Gasteiger partial charge < -0.3 is 9.84 Å². The fourth-order valence-electron chi connectivity index (χ4n) is 7.98. The van der Waals surface area contributed by atoms with Gasteiger partial charge >= 0.3 is 0 Å². The van der Waals surface area contributed by atoms with Crippen molar-refractivity contribution < 1.29 is 29.0 Å². The average Bonchev–Trinajstić information content (AvgIpc) is 3.39. The Balaban J connectivity index is 1.39. The van der Waals surface area contributed by atoms with Crippen molar-refractivity contribution in [2.75, 3.05) is 16.9 Å². The smallest absolute Gasteiger partial charge is 0.241 e. The highest BCUT2D eigenvalue weighted by Gasteiger charge is 2.67. The zero-order valence-electron chi connectivity index (χ0n) is 23.9. The summed E-state index contributed by atoms with van der Waals surface area (Å²) in [7, 11) is 1.41. The predicted octanol–water partition coefficient (Wildman–Crippen LogP) is 6.09. The maximum absolute atomic E-state index is 14.5.